The maximum Gasteiger partial charge on any atom is 0.335 e. The number of aromatic nitrogens is 1. The molecule has 0 aliphatic rings. The molecule has 20 heavy (non-hydrogen) atoms. The molecule has 0 saturated heterocycles. The van der Waals surface area contributed by atoms with Crippen molar-refractivity contribution in [2.45, 2.75) is 13.3 Å². The highest BCUT2D eigenvalue weighted by molar-refractivity contribution is 5.94. The van der Waals surface area contributed by atoms with Crippen molar-refractivity contribution in [3.05, 3.63) is 59.4 Å². The van der Waals surface area contributed by atoms with Crippen LogP contribution in [0.2, 0.25) is 0 Å². The number of aryl methyl sites for hydroxylation is 1. The van der Waals surface area contributed by atoms with Crippen LogP contribution in [0, 0.1) is 6.92 Å². The summed E-state index contributed by atoms with van der Waals surface area (Å²) in [6.45, 7) is 1.69. The minimum absolute atomic E-state index is 0.166. The Morgan fingerprint density at radius 1 is 1.30 bits per heavy atom. The average molecular weight is 270 g/mol. The van der Waals surface area contributed by atoms with Gasteiger partial charge >= 0.3 is 5.97 Å². The molecule has 0 saturated carbocycles. The van der Waals surface area contributed by atoms with Crippen molar-refractivity contribution in [1.29, 1.82) is 0 Å². The number of anilines is 1. The lowest BCUT2D eigenvalue weighted by atomic mass is 10.1. The van der Waals surface area contributed by atoms with E-state index >= 15 is 0 Å². The van der Waals surface area contributed by atoms with E-state index in [-0.39, 0.29) is 17.9 Å². The molecule has 0 aliphatic heterocycles. The summed E-state index contributed by atoms with van der Waals surface area (Å²) in [5.74, 6) is -1.14. The maximum atomic E-state index is 11.9. The van der Waals surface area contributed by atoms with Crippen molar-refractivity contribution < 1.29 is 14.7 Å². The molecule has 2 N–H and O–H groups in total. The topological polar surface area (TPSA) is 79.3 Å². The Morgan fingerprint density at radius 2 is 2.10 bits per heavy atom. The van der Waals surface area contributed by atoms with Gasteiger partial charge in [0, 0.05) is 18.1 Å². The minimum atomic E-state index is -0.976. The maximum absolute atomic E-state index is 11.9. The number of nitrogens with one attached hydrogen (secondary N) is 1. The second-order valence-corrected chi connectivity index (χ2v) is 4.42. The summed E-state index contributed by atoms with van der Waals surface area (Å²) < 4.78 is 0. The second-order valence-electron chi connectivity index (χ2n) is 4.42. The van der Waals surface area contributed by atoms with E-state index in [1.54, 1.807) is 37.5 Å². The fourth-order valence-corrected chi connectivity index (χ4v) is 1.87. The lowest BCUT2D eigenvalue weighted by Crippen LogP contribution is -2.14. The Kier molecular flexibility index (Phi) is 4.10. The molecule has 2 rings (SSSR count). The fourth-order valence-electron chi connectivity index (χ4n) is 1.87. The summed E-state index contributed by atoms with van der Waals surface area (Å²) in [6.07, 6.45) is 3.52. The number of hydrogen-bond donors (Lipinski definition) is 2. The quantitative estimate of drug-likeness (QED) is 0.893. The van der Waals surface area contributed by atoms with Crippen LogP contribution < -0.4 is 5.32 Å². The predicted octanol–water partition coefficient (Wildman–Crippen LogP) is 2.27. The number of nitrogens with zero attached hydrogens (tertiary/aromatic N) is 1. The van der Waals surface area contributed by atoms with Crippen LogP contribution >= 0.6 is 0 Å². The zero-order valence-corrected chi connectivity index (χ0v) is 11.0. The Balaban J connectivity index is 2.05. The molecule has 0 unspecified atom stereocenters. The van der Waals surface area contributed by atoms with Crippen molar-refractivity contribution in [3.8, 4) is 0 Å². The monoisotopic (exact) mass is 270 g/mol. The van der Waals surface area contributed by atoms with Gasteiger partial charge in [0.25, 0.3) is 0 Å². The SMILES string of the molecule is Cc1cc(NC(=O)Cc2cccnc2)ccc1C(=O)O. The molecular weight excluding hydrogens is 256 g/mol. The van der Waals surface area contributed by atoms with Gasteiger partial charge in [-0.3, -0.25) is 9.78 Å². The van der Waals surface area contributed by atoms with Crippen molar-refractivity contribution in [2.75, 3.05) is 5.32 Å². The fraction of sp³-hybridized carbons (Fsp3) is 0.133. The molecule has 1 aromatic heterocycles. The van der Waals surface area contributed by atoms with Gasteiger partial charge in [-0.25, -0.2) is 4.79 Å². The number of rotatable bonds is 4. The molecule has 1 aromatic carbocycles. The van der Waals surface area contributed by atoms with E-state index < -0.39 is 5.97 Å². The van der Waals surface area contributed by atoms with E-state index in [9.17, 15) is 9.59 Å². The molecule has 102 valence electrons. The third kappa shape index (κ3) is 3.41. The summed E-state index contributed by atoms with van der Waals surface area (Å²) in [7, 11) is 0. The van der Waals surface area contributed by atoms with E-state index in [0.29, 0.717) is 11.3 Å². The van der Waals surface area contributed by atoms with Gasteiger partial charge in [0.2, 0.25) is 5.91 Å². The molecule has 0 spiro atoms. The van der Waals surface area contributed by atoms with Crippen molar-refractivity contribution >= 4 is 17.6 Å². The first kappa shape index (κ1) is 13.7. The number of carbonyl (C=O) groups excluding carboxylic acids is 1. The highest BCUT2D eigenvalue weighted by Crippen LogP contribution is 2.15. The Bertz CT molecular complexity index is 639. The van der Waals surface area contributed by atoms with Crippen LogP contribution in [0.4, 0.5) is 5.69 Å². The minimum Gasteiger partial charge on any atom is -0.478 e. The first-order valence-corrected chi connectivity index (χ1v) is 6.09. The van der Waals surface area contributed by atoms with Crippen LogP contribution in [0.15, 0.2) is 42.7 Å². The Hall–Kier alpha value is -2.69. The van der Waals surface area contributed by atoms with E-state index in [4.69, 9.17) is 5.11 Å². The summed E-state index contributed by atoms with van der Waals surface area (Å²) in [5, 5.41) is 11.7. The van der Waals surface area contributed by atoms with Crippen LogP contribution in [0.3, 0.4) is 0 Å². The lowest BCUT2D eigenvalue weighted by molar-refractivity contribution is -0.115. The van der Waals surface area contributed by atoms with E-state index in [1.165, 1.54) is 6.07 Å². The molecule has 0 radical (unpaired) electrons. The number of benzene rings is 1. The van der Waals surface area contributed by atoms with Crippen LogP contribution in [-0.4, -0.2) is 22.0 Å². The summed E-state index contributed by atoms with van der Waals surface area (Å²) in [4.78, 5) is 26.7. The number of amides is 1. The molecule has 0 aliphatic carbocycles. The molecular formula is C15H14N2O3. The van der Waals surface area contributed by atoms with Gasteiger partial charge in [0.15, 0.2) is 0 Å². The number of carbonyl (C=O) groups is 2. The number of pyridine rings is 1. The summed E-state index contributed by atoms with van der Waals surface area (Å²) >= 11 is 0. The first-order chi connectivity index (χ1) is 9.56. The second kappa shape index (κ2) is 5.97. The van der Waals surface area contributed by atoms with E-state index in [0.717, 1.165) is 5.56 Å². The average Bonchev–Trinajstić information content (AvgIpc) is 2.39. The standard InChI is InChI=1S/C15H14N2O3/c1-10-7-12(4-5-13(10)15(19)20)17-14(18)8-11-3-2-6-16-9-11/h2-7,9H,8H2,1H3,(H,17,18)(H,19,20). The Labute approximate surface area is 116 Å². The molecule has 1 heterocycles. The van der Waals surface area contributed by atoms with Crippen LogP contribution in [0.25, 0.3) is 0 Å². The lowest BCUT2D eigenvalue weighted by Gasteiger charge is -2.07. The highest BCUT2D eigenvalue weighted by Gasteiger charge is 2.09. The molecule has 0 atom stereocenters. The van der Waals surface area contributed by atoms with E-state index in [1.807, 2.05) is 6.07 Å². The third-order valence-corrected chi connectivity index (χ3v) is 2.83. The third-order valence-electron chi connectivity index (χ3n) is 2.83. The Morgan fingerprint density at radius 3 is 2.70 bits per heavy atom. The van der Waals surface area contributed by atoms with Crippen molar-refractivity contribution in [3.63, 3.8) is 0 Å². The number of carboxylic acids is 1. The number of hydrogen-bond acceptors (Lipinski definition) is 3. The smallest absolute Gasteiger partial charge is 0.335 e. The van der Waals surface area contributed by atoms with Gasteiger partial charge in [0.1, 0.15) is 0 Å². The normalized spacial score (nSPS) is 10.1. The van der Waals surface area contributed by atoms with Gasteiger partial charge in [0.05, 0.1) is 12.0 Å². The summed E-state index contributed by atoms with van der Waals surface area (Å²) in [5.41, 5.74) is 2.25. The molecule has 2 aromatic rings. The van der Waals surface area contributed by atoms with Crippen molar-refractivity contribution in [2.24, 2.45) is 0 Å². The van der Waals surface area contributed by atoms with Gasteiger partial charge in [-0.05, 0) is 42.3 Å². The first-order valence-electron chi connectivity index (χ1n) is 6.09. The van der Waals surface area contributed by atoms with Gasteiger partial charge in [-0.2, -0.15) is 0 Å². The number of carboxylic acid groups (broad SMARTS) is 1. The zero-order chi connectivity index (χ0) is 14.5. The summed E-state index contributed by atoms with van der Waals surface area (Å²) in [6, 6.07) is 8.30. The molecule has 5 heteroatoms. The van der Waals surface area contributed by atoms with Gasteiger partial charge in [-0.15, -0.1) is 0 Å². The predicted molar refractivity (Wildman–Crippen MR) is 74.7 cm³/mol. The molecule has 5 nitrogen and oxygen atoms in total. The zero-order valence-electron chi connectivity index (χ0n) is 11.0. The van der Waals surface area contributed by atoms with Gasteiger partial charge in [-0.1, -0.05) is 6.07 Å². The molecule has 0 fully saturated rings. The number of aromatic carboxylic acids is 1. The molecule has 0 bridgehead atoms. The molecule has 1 amide bonds. The van der Waals surface area contributed by atoms with Crippen LogP contribution in [0.1, 0.15) is 21.5 Å². The van der Waals surface area contributed by atoms with E-state index in [2.05, 4.69) is 10.3 Å². The van der Waals surface area contributed by atoms with Gasteiger partial charge < -0.3 is 10.4 Å². The van der Waals surface area contributed by atoms with Crippen LogP contribution in [-0.2, 0) is 11.2 Å². The van der Waals surface area contributed by atoms with Crippen molar-refractivity contribution in [1.82, 2.24) is 4.98 Å². The largest absolute Gasteiger partial charge is 0.478 e. The van der Waals surface area contributed by atoms with Crippen LogP contribution in [0.5, 0.6) is 0 Å². The highest BCUT2D eigenvalue weighted by atomic mass is 16.4.